The van der Waals surface area contributed by atoms with E-state index in [2.05, 4.69) is 10.6 Å². The fourth-order valence-corrected chi connectivity index (χ4v) is 4.71. The van der Waals surface area contributed by atoms with Crippen molar-refractivity contribution in [2.75, 3.05) is 25.9 Å². The normalized spacial score (nSPS) is 22.6. The summed E-state index contributed by atoms with van der Waals surface area (Å²) in [6.07, 6.45) is 9.84. The van der Waals surface area contributed by atoms with Gasteiger partial charge in [-0.1, -0.05) is 37.3 Å². The van der Waals surface area contributed by atoms with E-state index in [0.717, 1.165) is 6.54 Å². The molecule has 0 bridgehead atoms. The minimum Gasteiger partial charge on any atom is -0.496 e. The number of carbonyl (C=O) groups is 1. The van der Waals surface area contributed by atoms with E-state index in [1.165, 1.54) is 58.5 Å². The lowest BCUT2D eigenvalue weighted by molar-refractivity contribution is 0.0800. The van der Waals surface area contributed by atoms with Gasteiger partial charge in [0, 0.05) is 24.1 Å². The van der Waals surface area contributed by atoms with Gasteiger partial charge in [0.1, 0.15) is 5.75 Å². The molecular weight excluding hydrogens is 350 g/mol. The Balaban J connectivity index is 1.74. The number of amides is 1. The van der Waals surface area contributed by atoms with Crippen molar-refractivity contribution in [1.82, 2.24) is 10.6 Å². The highest BCUT2D eigenvalue weighted by Gasteiger charge is 2.40. The molecule has 1 heterocycles. The fourth-order valence-electron chi connectivity index (χ4n) is 4.55. The first-order valence-corrected chi connectivity index (χ1v) is 10.1. The lowest BCUT2D eigenvalue weighted by Gasteiger charge is -2.46. The van der Waals surface area contributed by atoms with Crippen LogP contribution < -0.4 is 21.1 Å². The third-order valence-corrected chi connectivity index (χ3v) is 6.39. The van der Waals surface area contributed by atoms with Crippen LogP contribution in [-0.4, -0.2) is 32.1 Å². The number of hydrogen-bond acceptors (Lipinski definition) is 4. The summed E-state index contributed by atoms with van der Waals surface area (Å²) in [7, 11) is 1.54. The molecule has 3 rings (SSSR count). The standard InChI is InChI=1S/C20H30ClN3O2/c1-26-17-12-16(22)15(21)11-14(17)19(25)24-13-20(8-4-2-5-9-20)18-7-3-6-10-23-18/h11-12,18,23H,2-10,13,22H2,1H3,(H,24,25). The van der Waals surface area contributed by atoms with Gasteiger partial charge in [0.05, 0.1) is 23.4 Å². The topological polar surface area (TPSA) is 76.4 Å². The van der Waals surface area contributed by atoms with Gasteiger partial charge in [-0.25, -0.2) is 0 Å². The van der Waals surface area contributed by atoms with E-state index in [9.17, 15) is 4.79 Å². The van der Waals surface area contributed by atoms with Crippen LogP contribution in [0.2, 0.25) is 5.02 Å². The molecule has 6 heteroatoms. The third kappa shape index (κ3) is 4.09. The summed E-state index contributed by atoms with van der Waals surface area (Å²) < 4.78 is 5.32. The Morgan fingerprint density at radius 1 is 1.31 bits per heavy atom. The monoisotopic (exact) mass is 379 g/mol. The van der Waals surface area contributed by atoms with Crippen LogP contribution in [0.5, 0.6) is 5.75 Å². The van der Waals surface area contributed by atoms with Crippen molar-refractivity contribution in [2.24, 2.45) is 5.41 Å². The van der Waals surface area contributed by atoms with Crippen molar-refractivity contribution in [3.05, 3.63) is 22.7 Å². The molecule has 1 aliphatic carbocycles. The van der Waals surface area contributed by atoms with Gasteiger partial charge in [-0.15, -0.1) is 0 Å². The van der Waals surface area contributed by atoms with Crippen LogP contribution in [0.3, 0.4) is 0 Å². The first-order valence-electron chi connectivity index (χ1n) is 9.70. The number of anilines is 1. The number of nitrogens with one attached hydrogen (secondary N) is 2. The van der Waals surface area contributed by atoms with Crippen LogP contribution >= 0.6 is 11.6 Å². The van der Waals surface area contributed by atoms with Crippen LogP contribution in [0.15, 0.2) is 12.1 Å². The molecule has 0 radical (unpaired) electrons. The van der Waals surface area contributed by atoms with E-state index < -0.39 is 0 Å². The van der Waals surface area contributed by atoms with Gasteiger partial charge in [0.25, 0.3) is 5.91 Å². The predicted octanol–water partition coefficient (Wildman–Crippen LogP) is 3.75. The molecule has 0 spiro atoms. The molecule has 26 heavy (non-hydrogen) atoms. The molecule has 1 aliphatic heterocycles. The van der Waals surface area contributed by atoms with Crippen molar-refractivity contribution in [1.29, 1.82) is 0 Å². The average molecular weight is 380 g/mol. The number of halogens is 1. The molecule has 2 aliphatic rings. The average Bonchev–Trinajstić information content (AvgIpc) is 2.69. The van der Waals surface area contributed by atoms with Crippen LogP contribution in [0.1, 0.15) is 61.7 Å². The lowest BCUT2D eigenvalue weighted by Crippen LogP contribution is -2.54. The highest BCUT2D eigenvalue weighted by atomic mass is 35.5. The zero-order valence-electron chi connectivity index (χ0n) is 15.6. The van der Waals surface area contributed by atoms with Crippen LogP contribution in [-0.2, 0) is 0 Å². The summed E-state index contributed by atoms with van der Waals surface area (Å²) in [5, 5.41) is 7.26. The van der Waals surface area contributed by atoms with Crippen molar-refractivity contribution in [2.45, 2.75) is 57.4 Å². The molecule has 0 aromatic heterocycles. The smallest absolute Gasteiger partial charge is 0.255 e. The molecular formula is C20H30ClN3O2. The molecule has 2 fully saturated rings. The SMILES string of the molecule is COc1cc(N)c(Cl)cc1C(=O)NCC1(C2CCCCN2)CCCCC1. The minimum absolute atomic E-state index is 0.149. The van der Waals surface area contributed by atoms with Crippen LogP contribution in [0.25, 0.3) is 0 Å². The fraction of sp³-hybridized carbons (Fsp3) is 0.650. The molecule has 1 saturated heterocycles. The van der Waals surface area contributed by atoms with Gasteiger partial charge >= 0.3 is 0 Å². The predicted molar refractivity (Wildman–Crippen MR) is 106 cm³/mol. The van der Waals surface area contributed by atoms with Crippen LogP contribution in [0.4, 0.5) is 5.69 Å². The number of ether oxygens (including phenoxy) is 1. The summed E-state index contributed by atoms with van der Waals surface area (Å²) in [6, 6.07) is 3.70. The molecule has 1 saturated carbocycles. The van der Waals surface area contributed by atoms with Crippen LogP contribution in [0, 0.1) is 5.41 Å². The molecule has 1 amide bonds. The minimum atomic E-state index is -0.149. The number of rotatable bonds is 5. The Hall–Kier alpha value is -1.46. The summed E-state index contributed by atoms with van der Waals surface area (Å²) in [6.45, 7) is 1.77. The van der Waals surface area contributed by atoms with Crippen molar-refractivity contribution in [3.63, 3.8) is 0 Å². The summed E-state index contributed by atoms with van der Waals surface area (Å²) in [5.41, 5.74) is 6.83. The maximum Gasteiger partial charge on any atom is 0.255 e. The Morgan fingerprint density at radius 3 is 2.73 bits per heavy atom. The maximum atomic E-state index is 12.8. The zero-order valence-corrected chi connectivity index (χ0v) is 16.3. The molecule has 1 atom stereocenters. The Morgan fingerprint density at radius 2 is 2.08 bits per heavy atom. The number of methoxy groups -OCH3 is 1. The quantitative estimate of drug-likeness (QED) is 0.681. The Kier molecular flexibility index (Phi) is 6.30. The summed E-state index contributed by atoms with van der Waals surface area (Å²) >= 11 is 6.11. The van der Waals surface area contributed by atoms with Crippen molar-refractivity contribution >= 4 is 23.2 Å². The second-order valence-corrected chi connectivity index (χ2v) is 8.09. The summed E-state index contributed by atoms with van der Waals surface area (Å²) in [4.78, 5) is 12.8. The van der Waals surface area contributed by atoms with Gasteiger partial charge in [-0.05, 0) is 38.3 Å². The first-order chi connectivity index (χ1) is 12.6. The van der Waals surface area contributed by atoms with E-state index in [4.69, 9.17) is 22.1 Å². The molecule has 1 aromatic rings. The van der Waals surface area contributed by atoms with Gasteiger partial charge in [-0.2, -0.15) is 0 Å². The zero-order chi connectivity index (χ0) is 18.6. The van der Waals surface area contributed by atoms with E-state index >= 15 is 0 Å². The highest BCUT2D eigenvalue weighted by Crippen LogP contribution is 2.41. The van der Waals surface area contributed by atoms with Gasteiger partial charge in [0.15, 0.2) is 0 Å². The number of nitrogen functional groups attached to an aromatic ring is 1. The second kappa shape index (κ2) is 8.49. The Labute approximate surface area is 161 Å². The van der Waals surface area contributed by atoms with E-state index in [1.54, 1.807) is 12.1 Å². The first kappa shape index (κ1) is 19.3. The van der Waals surface area contributed by atoms with Crippen molar-refractivity contribution < 1.29 is 9.53 Å². The Bertz CT molecular complexity index is 638. The number of carbonyl (C=O) groups excluding carboxylic acids is 1. The molecule has 5 nitrogen and oxygen atoms in total. The lowest BCUT2D eigenvalue weighted by atomic mass is 9.67. The van der Waals surface area contributed by atoms with E-state index in [1.807, 2.05) is 0 Å². The highest BCUT2D eigenvalue weighted by molar-refractivity contribution is 6.33. The molecule has 4 N–H and O–H groups in total. The van der Waals surface area contributed by atoms with E-state index in [0.29, 0.717) is 34.6 Å². The maximum absolute atomic E-state index is 12.8. The molecule has 1 unspecified atom stereocenters. The molecule has 1 aromatic carbocycles. The van der Waals surface area contributed by atoms with Gasteiger partial charge in [-0.3, -0.25) is 4.79 Å². The number of benzene rings is 1. The van der Waals surface area contributed by atoms with Crippen molar-refractivity contribution in [3.8, 4) is 5.75 Å². The summed E-state index contributed by atoms with van der Waals surface area (Å²) in [5.74, 6) is 0.308. The van der Waals surface area contributed by atoms with Gasteiger partial charge < -0.3 is 21.1 Å². The number of piperidine rings is 1. The number of nitrogens with two attached hydrogens (primary N) is 1. The second-order valence-electron chi connectivity index (χ2n) is 7.68. The van der Waals surface area contributed by atoms with Gasteiger partial charge in [0.2, 0.25) is 0 Å². The molecule has 144 valence electrons. The largest absolute Gasteiger partial charge is 0.496 e. The van der Waals surface area contributed by atoms with E-state index in [-0.39, 0.29) is 11.3 Å². The number of hydrogen-bond donors (Lipinski definition) is 3. The third-order valence-electron chi connectivity index (χ3n) is 6.06.